The van der Waals surface area contributed by atoms with Crippen molar-refractivity contribution in [2.24, 2.45) is 0 Å². The van der Waals surface area contributed by atoms with Gasteiger partial charge in [-0.25, -0.2) is 4.98 Å². The van der Waals surface area contributed by atoms with Gasteiger partial charge < -0.3 is 4.90 Å². The fourth-order valence-electron chi connectivity index (χ4n) is 3.54. The average molecular weight is 455 g/mol. The predicted octanol–water partition coefficient (Wildman–Crippen LogP) is 4.48. The van der Waals surface area contributed by atoms with Gasteiger partial charge in [-0.2, -0.15) is 5.26 Å². The highest BCUT2D eigenvalue weighted by molar-refractivity contribution is 7.99. The smallest absolute Gasteiger partial charge is 0.262 e. The number of hydrogen-bond donors (Lipinski definition) is 0. The summed E-state index contributed by atoms with van der Waals surface area (Å²) in [5, 5.41) is 10.1. The second-order valence-corrected chi connectivity index (χ2v) is 8.31. The van der Waals surface area contributed by atoms with E-state index < -0.39 is 0 Å². The van der Waals surface area contributed by atoms with E-state index >= 15 is 0 Å². The molecule has 0 fully saturated rings. The number of benzene rings is 3. The molecule has 0 N–H and O–H groups in total. The first kappa shape index (κ1) is 22.3. The van der Waals surface area contributed by atoms with Crippen LogP contribution in [0.1, 0.15) is 12.0 Å². The number of thioether (sulfide) groups is 1. The molecule has 0 saturated heterocycles. The summed E-state index contributed by atoms with van der Waals surface area (Å²) in [5.41, 5.74) is 2.19. The van der Waals surface area contributed by atoms with Crippen molar-refractivity contribution in [3.05, 3.63) is 101 Å². The molecule has 0 aliphatic heterocycles. The Kier molecular flexibility index (Phi) is 7.18. The van der Waals surface area contributed by atoms with Crippen molar-refractivity contribution < 1.29 is 4.79 Å². The number of carbonyl (C=O) groups is 1. The third-order valence-corrected chi connectivity index (χ3v) is 6.11. The molecule has 0 unspecified atom stereocenters. The summed E-state index contributed by atoms with van der Waals surface area (Å²) in [6, 6.07) is 28.3. The Morgan fingerprint density at radius 2 is 1.64 bits per heavy atom. The minimum atomic E-state index is -0.143. The number of nitriles is 1. The normalized spacial score (nSPS) is 10.6. The summed E-state index contributed by atoms with van der Waals surface area (Å²) in [5.74, 6) is -0.0463. The molecule has 0 radical (unpaired) electrons. The number of para-hydroxylation sites is 2. The topological polar surface area (TPSA) is 79.0 Å². The van der Waals surface area contributed by atoms with E-state index in [0.717, 1.165) is 11.3 Å². The van der Waals surface area contributed by atoms with Gasteiger partial charge in [0.05, 0.1) is 35.7 Å². The largest absolute Gasteiger partial charge is 0.311 e. The molecule has 7 heteroatoms. The molecule has 0 atom stereocenters. The van der Waals surface area contributed by atoms with Crippen LogP contribution in [0.4, 0.5) is 5.69 Å². The van der Waals surface area contributed by atoms with Gasteiger partial charge in [-0.3, -0.25) is 14.2 Å². The second-order valence-electron chi connectivity index (χ2n) is 7.37. The maximum absolute atomic E-state index is 13.3. The van der Waals surface area contributed by atoms with Crippen molar-refractivity contribution in [1.29, 1.82) is 5.26 Å². The van der Waals surface area contributed by atoms with E-state index in [9.17, 15) is 9.59 Å². The van der Waals surface area contributed by atoms with Crippen molar-refractivity contribution in [3.63, 3.8) is 0 Å². The molecule has 1 amide bonds. The van der Waals surface area contributed by atoms with Gasteiger partial charge in [0.15, 0.2) is 5.16 Å². The van der Waals surface area contributed by atoms with Crippen LogP contribution in [0.15, 0.2) is 94.9 Å². The second kappa shape index (κ2) is 10.6. The fourth-order valence-corrected chi connectivity index (χ4v) is 4.41. The van der Waals surface area contributed by atoms with Crippen LogP contribution in [-0.2, 0) is 11.3 Å². The van der Waals surface area contributed by atoms with E-state index in [-0.39, 0.29) is 23.6 Å². The van der Waals surface area contributed by atoms with Gasteiger partial charge in [0.1, 0.15) is 0 Å². The molecule has 164 valence electrons. The number of rotatable bonds is 8. The minimum absolute atomic E-state index is 0.0971. The summed E-state index contributed by atoms with van der Waals surface area (Å²) >= 11 is 1.24. The maximum atomic E-state index is 13.3. The van der Waals surface area contributed by atoms with E-state index in [1.165, 1.54) is 11.8 Å². The van der Waals surface area contributed by atoms with Gasteiger partial charge in [0, 0.05) is 12.2 Å². The van der Waals surface area contributed by atoms with Gasteiger partial charge in [0.25, 0.3) is 5.56 Å². The average Bonchev–Trinajstić information content (AvgIpc) is 2.86. The van der Waals surface area contributed by atoms with Crippen LogP contribution in [0.5, 0.6) is 0 Å². The first-order valence-electron chi connectivity index (χ1n) is 10.6. The molecule has 4 rings (SSSR count). The highest BCUT2D eigenvalue weighted by Gasteiger charge is 2.18. The van der Waals surface area contributed by atoms with E-state index in [0.29, 0.717) is 29.1 Å². The Morgan fingerprint density at radius 1 is 0.970 bits per heavy atom. The number of aromatic nitrogens is 2. The molecule has 1 aromatic heterocycles. The number of anilines is 1. The van der Waals surface area contributed by atoms with Gasteiger partial charge in [-0.1, -0.05) is 72.4 Å². The quantitative estimate of drug-likeness (QED) is 0.290. The number of carbonyl (C=O) groups excluding carboxylic acids is 1. The number of hydrogen-bond acceptors (Lipinski definition) is 5. The van der Waals surface area contributed by atoms with Gasteiger partial charge in [0.2, 0.25) is 5.91 Å². The number of nitrogens with zero attached hydrogens (tertiary/aromatic N) is 4. The predicted molar refractivity (Wildman–Crippen MR) is 131 cm³/mol. The number of fused-ring (bicyclic) bond motifs is 1. The van der Waals surface area contributed by atoms with Gasteiger partial charge in [-0.05, 0) is 29.8 Å². The first-order chi connectivity index (χ1) is 16.2. The summed E-state index contributed by atoms with van der Waals surface area (Å²) in [4.78, 5) is 32.7. The van der Waals surface area contributed by atoms with E-state index in [4.69, 9.17) is 10.2 Å². The standard InChI is InChI=1S/C26H22N4O2S/c27-16-9-17-29(21-12-5-2-6-13-21)24(31)19-33-26-28-23-15-8-7-14-22(23)25(32)30(26)18-20-10-3-1-4-11-20/h1-8,10-15H,9,17-19H2. The Hall–Kier alpha value is -3.89. The minimum Gasteiger partial charge on any atom is -0.311 e. The molecule has 4 aromatic rings. The molecule has 3 aromatic carbocycles. The van der Waals surface area contributed by atoms with Crippen LogP contribution >= 0.6 is 11.8 Å². The molecule has 0 spiro atoms. The molecule has 0 bridgehead atoms. The highest BCUT2D eigenvalue weighted by Crippen LogP contribution is 2.21. The Morgan fingerprint density at radius 3 is 2.36 bits per heavy atom. The van der Waals surface area contributed by atoms with Crippen LogP contribution < -0.4 is 10.5 Å². The van der Waals surface area contributed by atoms with Crippen molar-refractivity contribution in [3.8, 4) is 6.07 Å². The monoisotopic (exact) mass is 454 g/mol. The third kappa shape index (κ3) is 5.30. The molecule has 0 aliphatic rings. The van der Waals surface area contributed by atoms with Crippen LogP contribution in [-0.4, -0.2) is 27.8 Å². The van der Waals surface area contributed by atoms with Crippen molar-refractivity contribution in [1.82, 2.24) is 9.55 Å². The van der Waals surface area contributed by atoms with Crippen LogP contribution in [0, 0.1) is 11.3 Å². The molecule has 0 aliphatic carbocycles. The lowest BCUT2D eigenvalue weighted by molar-refractivity contribution is -0.116. The lowest BCUT2D eigenvalue weighted by Gasteiger charge is -2.22. The lowest BCUT2D eigenvalue weighted by Crippen LogP contribution is -2.33. The van der Waals surface area contributed by atoms with Crippen molar-refractivity contribution in [2.75, 3.05) is 17.2 Å². The summed E-state index contributed by atoms with van der Waals surface area (Å²) < 4.78 is 1.62. The zero-order chi connectivity index (χ0) is 23.0. The van der Waals surface area contributed by atoms with Crippen LogP contribution in [0.25, 0.3) is 10.9 Å². The molecule has 0 saturated carbocycles. The molecular formula is C26H22N4O2S. The molecule has 6 nitrogen and oxygen atoms in total. The zero-order valence-electron chi connectivity index (χ0n) is 17.9. The van der Waals surface area contributed by atoms with Crippen molar-refractivity contribution in [2.45, 2.75) is 18.1 Å². The Bertz CT molecular complexity index is 1350. The molecular weight excluding hydrogens is 432 g/mol. The van der Waals surface area contributed by atoms with Crippen LogP contribution in [0.3, 0.4) is 0 Å². The van der Waals surface area contributed by atoms with Crippen LogP contribution in [0.2, 0.25) is 0 Å². The zero-order valence-corrected chi connectivity index (χ0v) is 18.7. The fraction of sp³-hybridized carbons (Fsp3) is 0.154. The molecule has 1 heterocycles. The third-order valence-electron chi connectivity index (χ3n) is 5.15. The lowest BCUT2D eigenvalue weighted by atomic mass is 10.2. The SMILES string of the molecule is N#CCCN(C(=O)CSc1nc2ccccc2c(=O)n1Cc1ccccc1)c1ccccc1. The number of amides is 1. The Labute approximate surface area is 196 Å². The van der Waals surface area contributed by atoms with E-state index in [1.54, 1.807) is 21.6 Å². The molecule has 33 heavy (non-hydrogen) atoms. The van der Waals surface area contributed by atoms with Crippen molar-refractivity contribution >= 4 is 34.3 Å². The summed E-state index contributed by atoms with van der Waals surface area (Å²) in [7, 11) is 0. The maximum Gasteiger partial charge on any atom is 0.262 e. The first-order valence-corrected chi connectivity index (χ1v) is 11.5. The summed E-state index contributed by atoms with van der Waals surface area (Å²) in [6.07, 6.45) is 0.234. The summed E-state index contributed by atoms with van der Waals surface area (Å²) in [6.45, 7) is 0.673. The van der Waals surface area contributed by atoms with E-state index in [2.05, 4.69) is 6.07 Å². The highest BCUT2D eigenvalue weighted by atomic mass is 32.2. The Balaban J connectivity index is 1.64. The van der Waals surface area contributed by atoms with Gasteiger partial charge >= 0.3 is 0 Å². The van der Waals surface area contributed by atoms with Gasteiger partial charge in [-0.15, -0.1) is 0 Å². The van der Waals surface area contributed by atoms with E-state index in [1.807, 2.05) is 72.8 Å².